The maximum absolute atomic E-state index is 13.0. The van der Waals surface area contributed by atoms with Crippen LogP contribution in [-0.4, -0.2) is 27.3 Å². The van der Waals surface area contributed by atoms with Crippen LogP contribution in [0.4, 0.5) is 0 Å². The van der Waals surface area contributed by atoms with Crippen molar-refractivity contribution in [3.05, 3.63) is 35.9 Å². The van der Waals surface area contributed by atoms with Crippen LogP contribution in [0.15, 0.2) is 30.3 Å². The van der Waals surface area contributed by atoms with Gasteiger partial charge in [-0.3, -0.25) is 0 Å². The van der Waals surface area contributed by atoms with Crippen LogP contribution in [0.5, 0.6) is 0 Å². The molecule has 0 unspecified atom stereocenters. The zero-order valence-corrected chi connectivity index (χ0v) is 18.5. The highest BCUT2D eigenvalue weighted by molar-refractivity contribution is 6.84. The first-order valence-electron chi connectivity index (χ1n) is 10.1. The molecule has 0 amide bonds. The highest BCUT2D eigenvalue weighted by Gasteiger charge is 2.58. The highest BCUT2D eigenvalue weighted by Crippen LogP contribution is 2.56. The molecule has 1 aliphatic rings. The number of carbonyl (C=O) groups excluding carboxylic acids is 1. The summed E-state index contributed by atoms with van der Waals surface area (Å²) in [5.41, 5.74) is 2.37. The number of ether oxygens (including phenoxy) is 2. The van der Waals surface area contributed by atoms with Gasteiger partial charge in [0.2, 0.25) is 0 Å². The van der Waals surface area contributed by atoms with E-state index in [1.165, 1.54) is 0 Å². The molecule has 0 bridgehead atoms. The lowest BCUT2D eigenvalue weighted by atomic mass is 9.90. The number of carbonyl (C=O) groups is 1. The van der Waals surface area contributed by atoms with E-state index >= 15 is 0 Å². The van der Waals surface area contributed by atoms with Crippen LogP contribution in [0.2, 0.25) is 22.2 Å². The van der Waals surface area contributed by atoms with Crippen LogP contribution in [0.3, 0.4) is 0 Å². The summed E-state index contributed by atoms with van der Waals surface area (Å²) in [5.74, 6) is -0.229. The molecule has 2 atom stereocenters. The second-order valence-corrected chi connectivity index (χ2v) is 14.9. The summed E-state index contributed by atoms with van der Waals surface area (Å²) in [7, 11) is -1.72. The van der Waals surface area contributed by atoms with Crippen molar-refractivity contribution in [2.24, 2.45) is 0 Å². The summed E-state index contributed by atoms with van der Waals surface area (Å²) in [4.78, 5) is 13.0. The van der Waals surface area contributed by atoms with E-state index < -0.39 is 13.7 Å². The molecule has 1 heterocycles. The van der Waals surface area contributed by atoms with Gasteiger partial charge in [-0.25, -0.2) is 4.79 Å². The molecule has 26 heavy (non-hydrogen) atoms. The summed E-state index contributed by atoms with van der Waals surface area (Å²) in [6.45, 7) is 17.1. The van der Waals surface area contributed by atoms with E-state index in [9.17, 15) is 4.79 Å². The van der Waals surface area contributed by atoms with Crippen molar-refractivity contribution in [3.63, 3.8) is 0 Å². The first-order valence-corrected chi connectivity index (χ1v) is 12.4. The van der Waals surface area contributed by atoms with Gasteiger partial charge in [-0.15, -0.1) is 0 Å². The molecule has 3 nitrogen and oxygen atoms in total. The van der Waals surface area contributed by atoms with Gasteiger partial charge in [-0.1, -0.05) is 88.5 Å². The Balaban J connectivity index is 2.49. The average molecular weight is 377 g/mol. The Bertz CT molecular complexity index is 575. The van der Waals surface area contributed by atoms with Gasteiger partial charge >= 0.3 is 5.97 Å². The van der Waals surface area contributed by atoms with Gasteiger partial charge in [-0.2, -0.15) is 0 Å². The molecule has 1 aromatic rings. The number of esters is 1. The van der Waals surface area contributed by atoms with E-state index in [1.54, 1.807) is 0 Å². The fraction of sp³-hybridized carbons (Fsp3) is 0.682. The van der Waals surface area contributed by atoms with Crippen molar-refractivity contribution < 1.29 is 14.3 Å². The first-order chi connectivity index (χ1) is 12.2. The fourth-order valence-electron chi connectivity index (χ4n) is 5.86. The Morgan fingerprint density at radius 2 is 1.65 bits per heavy atom. The van der Waals surface area contributed by atoms with Gasteiger partial charge in [0.1, 0.15) is 0 Å². The standard InChI is InChI=1S/C22H36O3Si/c1-8-24-21(23)22(19-12-10-9-11-13-19)14-20(15-25-22)26(16(2)3,17(4)5)18(6)7/h9-13,16-18,20H,8,14-15H2,1-7H3/t20-,22+/m0/s1. The molecule has 1 saturated heterocycles. The van der Waals surface area contributed by atoms with E-state index in [0.717, 1.165) is 12.0 Å². The molecule has 146 valence electrons. The molecule has 0 saturated carbocycles. The van der Waals surface area contributed by atoms with Crippen LogP contribution in [-0.2, 0) is 19.9 Å². The van der Waals surface area contributed by atoms with E-state index in [-0.39, 0.29) is 5.97 Å². The minimum atomic E-state index is -1.72. The summed E-state index contributed by atoms with van der Waals surface area (Å²) >= 11 is 0. The van der Waals surface area contributed by atoms with E-state index in [1.807, 2.05) is 37.3 Å². The van der Waals surface area contributed by atoms with Crippen LogP contribution in [0, 0.1) is 0 Å². The predicted octanol–water partition coefficient (Wildman–Crippen LogP) is 5.91. The van der Waals surface area contributed by atoms with Gasteiger partial charge in [0, 0.05) is 6.61 Å². The maximum Gasteiger partial charge on any atom is 0.343 e. The summed E-state index contributed by atoms with van der Waals surface area (Å²) in [6, 6.07) is 9.94. The highest BCUT2D eigenvalue weighted by atomic mass is 28.3. The zero-order valence-electron chi connectivity index (χ0n) is 17.5. The summed E-state index contributed by atoms with van der Waals surface area (Å²) in [5, 5.41) is 0. The Labute approximate surface area is 160 Å². The van der Waals surface area contributed by atoms with Crippen LogP contribution in [0.25, 0.3) is 0 Å². The third-order valence-corrected chi connectivity index (χ3v) is 14.4. The van der Waals surface area contributed by atoms with E-state index in [4.69, 9.17) is 9.47 Å². The molecule has 0 spiro atoms. The smallest absolute Gasteiger partial charge is 0.343 e. The Hall–Kier alpha value is -1.13. The number of hydrogen-bond acceptors (Lipinski definition) is 3. The fourth-order valence-corrected chi connectivity index (χ4v) is 13.7. The largest absolute Gasteiger partial charge is 0.464 e. The molecule has 2 rings (SSSR count). The van der Waals surface area contributed by atoms with Gasteiger partial charge in [0.15, 0.2) is 5.60 Å². The van der Waals surface area contributed by atoms with Gasteiger partial charge in [-0.05, 0) is 24.4 Å². The van der Waals surface area contributed by atoms with Crippen molar-refractivity contribution in [2.45, 2.75) is 82.7 Å². The minimum absolute atomic E-state index is 0.229. The van der Waals surface area contributed by atoms with Crippen molar-refractivity contribution >= 4 is 14.0 Å². The van der Waals surface area contributed by atoms with Crippen LogP contribution >= 0.6 is 0 Å². The van der Waals surface area contributed by atoms with E-state index in [0.29, 0.717) is 35.4 Å². The van der Waals surface area contributed by atoms with Crippen molar-refractivity contribution in [3.8, 4) is 0 Å². The predicted molar refractivity (Wildman–Crippen MR) is 110 cm³/mol. The molecule has 4 heteroatoms. The molecule has 0 radical (unpaired) electrons. The molecule has 0 N–H and O–H groups in total. The quantitative estimate of drug-likeness (QED) is 0.438. The third kappa shape index (κ3) is 3.38. The molecule has 1 aromatic carbocycles. The number of hydrogen-bond donors (Lipinski definition) is 0. The number of benzene rings is 1. The van der Waals surface area contributed by atoms with E-state index in [2.05, 4.69) is 41.5 Å². The third-order valence-electron chi connectivity index (χ3n) is 6.62. The van der Waals surface area contributed by atoms with Crippen molar-refractivity contribution in [2.75, 3.05) is 13.2 Å². The minimum Gasteiger partial charge on any atom is -0.464 e. The monoisotopic (exact) mass is 376 g/mol. The molecule has 0 aromatic heterocycles. The summed E-state index contributed by atoms with van der Waals surface area (Å²) in [6.07, 6.45) is 0.747. The molecule has 1 fully saturated rings. The topological polar surface area (TPSA) is 35.5 Å². The average Bonchev–Trinajstić information content (AvgIpc) is 3.02. The molecular formula is C22H36O3Si. The Morgan fingerprint density at radius 1 is 1.12 bits per heavy atom. The lowest BCUT2D eigenvalue weighted by Crippen LogP contribution is -2.49. The Morgan fingerprint density at radius 3 is 2.12 bits per heavy atom. The van der Waals surface area contributed by atoms with Crippen molar-refractivity contribution in [1.82, 2.24) is 0 Å². The van der Waals surface area contributed by atoms with Gasteiger partial charge in [0.05, 0.1) is 14.7 Å². The van der Waals surface area contributed by atoms with Crippen LogP contribution < -0.4 is 0 Å². The first kappa shape index (κ1) is 21.2. The zero-order chi connectivity index (χ0) is 19.5. The van der Waals surface area contributed by atoms with Crippen molar-refractivity contribution in [1.29, 1.82) is 0 Å². The normalized spacial score (nSPS) is 23.8. The van der Waals surface area contributed by atoms with Crippen LogP contribution in [0.1, 0.15) is 60.5 Å². The second-order valence-electron chi connectivity index (χ2n) is 8.59. The molecule has 0 aliphatic carbocycles. The number of rotatable bonds is 7. The molecular weight excluding hydrogens is 340 g/mol. The lowest BCUT2D eigenvalue weighted by molar-refractivity contribution is -0.168. The van der Waals surface area contributed by atoms with Gasteiger partial charge in [0.25, 0.3) is 0 Å². The SMILES string of the molecule is CCOC(=O)[C@]1(c2ccccc2)C[C@H]([Si](C(C)C)(C(C)C)C(C)C)CO1. The lowest BCUT2D eigenvalue weighted by Gasteiger charge is -2.47. The maximum atomic E-state index is 13.0. The van der Waals surface area contributed by atoms with Gasteiger partial charge < -0.3 is 9.47 Å². The second kappa shape index (κ2) is 8.26. The molecule has 1 aliphatic heterocycles. The Kier molecular flexibility index (Phi) is 6.73. The summed E-state index contributed by atoms with van der Waals surface area (Å²) < 4.78 is 11.8.